The van der Waals surface area contributed by atoms with E-state index in [-0.39, 0.29) is 6.04 Å². The van der Waals surface area contributed by atoms with Gasteiger partial charge in [-0.25, -0.2) is 4.98 Å². The van der Waals surface area contributed by atoms with Crippen LogP contribution >= 0.6 is 11.3 Å². The molecule has 0 amide bonds. The van der Waals surface area contributed by atoms with Crippen molar-refractivity contribution in [3.8, 4) is 0 Å². The summed E-state index contributed by atoms with van der Waals surface area (Å²) in [5.74, 6) is 0. The predicted octanol–water partition coefficient (Wildman–Crippen LogP) is 1.68. The Morgan fingerprint density at radius 1 is 1.44 bits per heavy atom. The van der Waals surface area contributed by atoms with E-state index < -0.39 is 0 Å². The molecule has 0 saturated heterocycles. The average molecular weight is 261 g/mol. The highest BCUT2D eigenvalue weighted by molar-refractivity contribution is 7.15. The molecule has 1 atom stereocenters. The van der Waals surface area contributed by atoms with Crippen LogP contribution < -0.4 is 5.73 Å². The third-order valence-electron chi connectivity index (χ3n) is 3.02. The standard InChI is InChI=1S/C12H15N5S/c1-8-10(7-16(2)15-8)11(13)5-9-6-17-3-4-18-12(17)14-9/h3-4,6-7,11H,5,13H2,1-2H3. The molecule has 0 fully saturated rings. The molecule has 5 nitrogen and oxygen atoms in total. The molecule has 6 heteroatoms. The molecule has 0 aliphatic rings. The van der Waals surface area contributed by atoms with Crippen molar-refractivity contribution < 1.29 is 0 Å². The van der Waals surface area contributed by atoms with Crippen molar-refractivity contribution in [2.24, 2.45) is 12.8 Å². The van der Waals surface area contributed by atoms with E-state index in [2.05, 4.69) is 10.1 Å². The third-order valence-corrected chi connectivity index (χ3v) is 3.79. The largest absolute Gasteiger partial charge is 0.324 e. The minimum atomic E-state index is -0.0525. The second kappa shape index (κ2) is 4.22. The zero-order valence-corrected chi connectivity index (χ0v) is 11.2. The van der Waals surface area contributed by atoms with E-state index in [1.165, 1.54) is 0 Å². The van der Waals surface area contributed by atoms with Crippen molar-refractivity contribution in [1.29, 1.82) is 0 Å². The minimum Gasteiger partial charge on any atom is -0.324 e. The first-order valence-corrected chi connectivity index (χ1v) is 6.68. The van der Waals surface area contributed by atoms with Gasteiger partial charge in [0.1, 0.15) is 0 Å². The maximum absolute atomic E-state index is 6.23. The van der Waals surface area contributed by atoms with Gasteiger partial charge in [0.2, 0.25) is 0 Å². The number of nitrogens with zero attached hydrogens (tertiary/aromatic N) is 4. The van der Waals surface area contributed by atoms with Crippen molar-refractivity contribution in [2.45, 2.75) is 19.4 Å². The van der Waals surface area contributed by atoms with Crippen molar-refractivity contribution >= 4 is 16.3 Å². The highest BCUT2D eigenvalue weighted by atomic mass is 32.1. The van der Waals surface area contributed by atoms with E-state index in [1.54, 1.807) is 16.0 Å². The van der Waals surface area contributed by atoms with Crippen LogP contribution in [0.1, 0.15) is 23.0 Å². The number of aryl methyl sites for hydroxylation is 2. The SMILES string of the molecule is Cc1nn(C)cc1C(N)Cc1cn2ccsc2n1. The van der Waals surface area contributed by atoms with E-state index in [9.17, 15) is 0 Å². The summed E-state index contributed by atoms with van der Waals surface area (Å²) in [4.78, 5) is 5.56. The van der Waals surface area contributed by atoms with Gasteiger partial charge in [0, 0.05) is 49.0 Å². The van der Waals surface area contributed by atoms with Crippen LogP contribution in [0.5, 0.6) is 0 Å². The number of thiazole rings is 1. The Morgan fingerprint density at radius 2 is 2.28 bits per heavy atom. The quantitative estimate of drug-likeness (QED) is 0.780. The molecule has 0 radical (unpaired) electrons. The van der Waals surface area contributed by atoms with Gasteiger partial charge in [-0.2, -0.15) is 5.10 Å². The van der Waals surface area contributed by atoms with Crippen LogP contribution in [0, 0.1) is 6.92 Å². The molecule has 1 unspecified atom stereocenters. The van der Waals surface area contributed by atoms with Gasteiger partial charge in [-0.15, -0.1) is 11.3 Å². The molecule has 3 rings (SSSR count). The van der Waals surface area contributed by atoms with Gasteiger partial charge in [-0.3, -0.25) is 9.08 Å². The Morgan fingerprint density at radius 3 is 2.94 bits per heavy atom. The van der Waals surface area contributed by atoms with Gasteiger partial charge in [0.05, 0.1) is 11.4 Å². The monoisotopic (exact) mass is 261 g/mol. The van der Waals surface area contributed by atoms with Crippen molar-refractivity contribution in [3.05, 3.63) is 40.9 Å². The maximum Gasteiger partial charge on any atom is 0.193 e. The van der Waals surface area contributed by atoms with Gasteiger partial charge in [0.15, 0.2) is 4.96 Å². The number of imidazole rings is 1. The lowest BCUT2D eigenvalue weighted by molar-refractivity contribution is 0.704. The number of fused-ring (bicyclic) bond motifs is 1. The Bertz CT molecular complexity index is 649. The Labute approximate surface area is 109 Å². The summed E-state index contributed by atoms with van der Waals surface area (Å²) >= 11 is 1.63. The van der Waals surface area contributed by atoms with E-state index in [4.69, 9.17) is 5.73 Å². The van der Waals surface area contributed by atoms with Gasteiger partial charge in [-0.05, 0) is 6.92 Å². The van der Waals surface area contributed by atoms with Crippen LogP contribution in [0.25, 0.3) is 4.96 Å². The molecule has 0 aliphatic heterocycles. The second-order valence-electron chi connectivity index (χ2n) is 4.48. The fraction of sp³-hybridized carbons (Fsp3) is 0.333. The number of aromatic nitrogens is 4. The van der Waals surface area contributed by atoms with Gasteiger partial charge >= 0.3 is 0 Å². The van der Waals surface area contributed by atoms with E-state index in [1.807, 2.05) is 42.3 Å². The lowest BCUT2D eigenvalue weighted by Crippen LogP contribution is -2.14. The zero-order chi connectivity index (χ0) is 12.7. The summed E-state index contributed by atoms with van der Waals surface area (Å²) in [6.07, 6.45) is 6.77. The molecule has 18 heavy (non-hydrogen) atoms. The summed E-state index contributed by atoms with van der Waals surface area (Å²) in [5.41, 5.74) is 9.34. The minimum absolute atomic E-state index is 0.0525. The number of rotatable bonds is 3. The molecule has 2 N–H and O–H groups in total. The molecular weight excluding hydrogens is 246 g/mol. The number of hydrogen-bond acceptors (Lipinski definition) is 4. The third kappa shape index (κ3) is 1.93. The van der Waals surface area contributed by atoms with Crippen LogP contribution in [-0.4, -0.2) is 19.2 Å². The van der Waals surface area contributed by atoms with Crippen LogP contribution in [0.4, 0.5) is 0 Å². The lowest BCUT2D eigenvalue weighted by Gasteiger charge is -2.08. The normalized spacial score (nSPS) is 13.3. The number of nitrogens with two attached hydrogens (primary N) is 1. The maximum atomic E-state index is 6.23. The molecule has 3 aromatic rings. The molecule has 0 saturated carbocycles. The van der Waals surface area contributed by atoms with Gasteiger partial charge in [-0.1, -0.05) is 0 Å². The van der Waals surface area contributed by atoms with E-state index in [0.29, 0.717) is 0 Å². The first-order valence-electron chi connectivity index (χ1n) is 5.80. The van der Waals surface area contributed by atoms with Crippen LogP contribution in [0.3, 0.4) is 0 Å². The first-order chi connectivity index (χ1) is 8.63. The fourth-order valence-electron chi connectivity index (χ4n) is 2.19. The molecule has 94 valence electrons. The zero-order valence-electron chi connectivity index (χ0n) is 10.4. The summed E-state index contributed by atoms with van der Waals surface area (Å²) in [7, 11) is 1.91. The molecule has 0 aromatic carbocycles. The molecule has 3 aromatic heterocycles. The van der Waals surface area contributed by atoms with E-state index >= 15 is 0 Å². The van der Waals surface area contributed by atoms with Crippen LogP contribution in [0.2, 0.25) is 0 Å². The predicted molar refractivity (Wildman–Crippen MR) is 71.6 cm³/mol. The molecular formula is C12H15N5S. The molecule has 0 bridgehead atoms. The Kier molecular flexibility index (Phi) is 2.68. The van der Waals surface area contributed by atoms with Crippen molar-refractivity contribution in [2.75, 3.05) is 0 Å². The van der Waals surface area contributed by atoms with E-state index in [0.717, 1.165) is 28.3 Å². The summed E-state index contributed by atoms with van der Waals surface area (Å²) in [5, 5.41) is 6.34. The molecule has 3 heterocycles. The summed E-state index contributed by atoms with van der Waals surface area (Å²) in [6.45, 7) is 1.99. The Balaban J connectivity index is 1.83. The first kappa shape index (κ1) is 11.4. The smallest absolute Gasteiger partial charge is 0.193 e. The summed E-state index contributed by atoms with van der Waals surface area (Å²) in [6, 6.07) is -0.0525. The summed E-state index contributed by atoms with van der Waals surface area (Å²) < 4.78 is 3.83. The van der Waals surface area contributed by atoms with Crippen LogP contribution in [0.15, 0.2) is 24.0 Å². The van der Waals surface area contributed by atoms with Crippen molar-refractivity contribution in [3.63, 3.8) is 0 Å². The van der Waals surface area contributed by atoms with Gasteiger partial charge in [0.25, 0.3) is 0 Å². The number of hydrogen-bond donors (Lipinski definition) is 1. The lowest BCUT2D eigenvalue weighted by atomic mass is 10.0. The second-order valence-corrected chi connectivity index (χ2v) is 5.35. The van der Waals surface area contributed by atoms with Crippen molar-refractivity contribution in [1.82, 2.24) is 19.2 Å². The average Bonchev–Trinajstić information content (AvgIpc) is 2.92. The highest BCUT2D eigenvalue weighted by Gasteiger charge is 2.14. The topological polar surface area (TPSA) is 61.1 Å². The Hall–Kier alpha value is -1.66. The van der Waals surface area contributed by atoms with Crippen LogP contribution in [-0.2, 0) is 13.5 Å². The molecule has 0 aliphatic carbocycles. The highest BCUT2D eigenvalue weighted by Crippen LogP contribution is 2.19. The van der Waals surface area contributed by atoms with Gasteiger partial charge < -0.3 is 5.73 Å². The fourth-order valence-corrected chi connectivity index (χ4v) is 2.91. The molecule has 0 spiro atoms.